The first-order chi connectivity index (χ1) is 13.7. The topological polar surface area (TPSA) is 72.3 Å². The number of imidazole rings is 1. The van der Waals surface area contributed by atoms with E-state index in [9.17, 15) is 4.79 Å². The van der Waals surface area contributed by atoms with Crippen molar-refractivity contribution in [2.24, 2.45) is 0 Å². The first-order valence-electron chi connectivity index (χ1n) is 9.34. The first kappa shape index (κ1) is 18.2. The standard InChI is InChI=1S/C21H23N5O2/c1-28-18-11-16(12-22-13-18)15-25-8-7-20-23-14-19(26(20)10-9-25)21(27)24-17-5-3-2-4-6-17/h2-6,11-14H,7-10,15H2,1H3,(H,24,27). The summed E-state index contributed by atoms with van der Waals surface area (Å²) < 4.78 is 7.29. The van der Waals surface area contributed by atoms with Gasteiger partial charge in [0.15, 0.2) is 0 Å². The number of para-hydroxylation sites is 1. The minimum Gasteiger partial charge on any atom is -0.495 e. The van der Waals surface area contributed by atoms with Gasteiger partial charge in [-0.3, -0.25) is 14.7 Å². The highest BCUT2D eigenvalue weighted by Gasteiger charge is 2.21. The van der Waals surface area contributed by atoms with Crippen molar-refractivity contribution in [2.45, 2.75) is 19.5 Å². The van der Waals surface area contributed by atoms with Crippen LogP contribution in [-0.4, -0.2) is 45.5 Å². The summed E-state index contributed by atoms with van der Waals surface area (Å²) in [5.41, 5.74) is 2.49. The van der Waals surface area contributed by atoms with E-state index >= 15 is 0 Å². The van der Waals surface area contributed by atoms with Gasteiger partial charge in [-0.05, 0) is 23.8 Å². The van der Waals surface area contributed by atoms with Crippen LogP contribution >= 0.6 is 0 Å². The molecule has 28 heavy (non-hydrogen) atoms. The maximum absolute atomic E-state index is 12.7. The van der Waals surface area contributed by atoms with Crippen LogP contribution in [0.15, 0.2) is 55.0 Å². The van der Waals surface area contributed by atoms with Crippen LogP contribution in [0.3, 0.4) is 0 Å². The molecule has 0 radical (unpaired) electrons. The van der Waals surface area contributed by atoms with Crippen molar-refractivity contribution in [3.05, 3.63) is 72.1 Å². The van der Waals surface area contributed by atoms with Gasteiger partial charge in [0.2, 0.25) is 0 Å². The average Bonchev–Trinajstić information content (AvgIpc) is 3.04. The van der Waals surface area contributed by atoms with Crippen LogP contribution in [-0.2, 0) is 19.5 Å². The van der Waals surface area contributed by atoms with Crippen LogP contribution in [0.1, 0.15) is 21.9 Å². The maximum atomic E-state index is 12.7. The summed E-state index contributed by atoms with van der Waals surface area (Å²) in [7, 11) is 1.65. The highest BCUT2D eigenvalue weighted by Crippen LogP contribution is 2.17. The maximum Gasteiger partial charge on any atom is 0.273 e. The zero-order valence-electron chi connectivity index (χ0n) is 15.8. The van der Waals surface area contributed by atoms with E-state index in [0.29, 0.717) is 5.69 Å². The zero-order chi connectivity index (χ0) is 19.3. The van der Waals surface area contributed by atoms with Crippen molar-refractivity contribution in [3.63, 3.8) is 0 Å². The first-order valence-corrected chi connectivity index (χ1v) is 9.34. The van der Waals surface area contributed by atoms with Gasteiger partial charge in [0, 0.05) is 44.5 Å². The van der Waals surface area contributed by atoms with Crippen molar-refractivity contribution < 1.29 is 9.53 Å². The molecule has 1 aliphatic rings. The lowest BCUT2D eigenvalue weighted by Crippen LogP contribution is -2.27. The molecule has 0 fully saturated rings. The summed E-state index contributed by atoms with van der Waals surface area (Å²) in [6.07, 6.45) is 6.05. The molecule has 0 aliphatic carbocycles. The smallest absolute Gasteiger partial charge is 0.273 e. The molecule has 0 bridgehead atoms. The van der Waals surface area contributed by atoms with Gasteiger partial charge in [-0.2, -0.15) is 0 Å². The number of amides is 1. The van der Waals surface area contributed by atoms with E-state index in [2.05, 4.69) is 20.2 Å². The van der Waals surface area contributed by atoms with E-state index in [-0.39, 0.29) is 5.91 Å². The van der Waals surface area contributed by atoms with E-state index in [0.717, 1.165) is 55.4 Å². The Hall–Kier alpha value is -3.19. The predicted molar refractivity (Wildman–Crippen MR) is 106 cm³/mol. The molecule has 4 rings (SSSR count). The Bertz CT molecular complexity index is 954. The van der Waals surface area contributed by atoms with E-state index in [1.165, 1.54) is 0 Å². The predicted octanol–water partition coefficient (Wildman–Crippen LogP) is 2.60. The number of pyridine rings is 1. The second-order valence-electron chi connectivity index (χ2n) is 6.79. The normalized spacial score (nSPS) is 14.2. The van der Waals surface area contributed by atoms with Gasteiger partial charge in [-0.1, -0.05) is 18.2 Å². The van der Waals surface area contributed by atoms with E-state index in [4.69, 9.17) is 4.74 Å². The van der Waals surface area contributed by atoms with Gasteiger partial charge in [0.05, 0.1) is 19.5 Å². The fourth-order valence-electron chi connectivity index (χ4n) is 3.45. The fourth-order valence-corrected chi connectivity index (χ4v) is 3.45. The summed E-state index contributed by atoms with van der Waals surface area (Å²) in [6, 6.07) is 11.5. The molecule has 0 spiro atoms. The highest BCUT2D eigenvalue weighted by atomic mass is 16.5. The number of aromatic nitrogens is 3. The molecule has 3 heterocycles. The fraction of sp³-hybridized carbons (Fsp3) is 0.286. The molecule has 0 atom stereocenters. The monoisotopic (exact) mass is 377 g/mol. The Morgan fingerprint density at radius 3 is 2.82 bits per heavy atom. The van der Waals surface area contributed by atoms with Gasteiger partial charge >= 0.3 is 0 Å². The third kappa shape index (κ3) is 4.04. The summed E-state index contributed by atoms with van der Waals surface area (Å²) in [4.78, 5) is 23.8. The molecule has 0 saturated carbocycles. The number of hydrogen-bond acceptors (Lipinski definition) is 5. The third-order valence-electron chi connectivity index (χ3n) is 4.91. The number of methoxy groups -OCH3 is 1. The van der Waals surface area contributed by atoms with Crippen LogP contribution in [0.4, 0.5) is 5.69 Å². The van der Waals surface area contributed by atoms with Crippen molar-refractivity contribution in [1.29, 1.82) is 0 Å². The molecule has 144 valence electrons. The Morgan fingerprint density at radius 1 is 1.14 bits per heavy atom. The van der Waals surface area contributed by atoms with Crippen molar-refractivity contribution in [1.82, 2.24) is 19.4 Å². The van der Waals surface area contributed by atoms with Crippen LogP contribution in [0.5, 0.6) is 5.75 Å². The lowest BCUT2D eigenvalue weighted by molar-refractivity contribution is 0.101. The molecule has 1 aliphatic heterocycles. The number of nitrogens with one attached hydrogen (secondary N) is 1. The number of fused-ring (bicyclic) bond motifs is 1. The van der Waals surface area contributed by atoms with Gasteiger partial charge in [0.25, 0.3) is 5.91 Å². The van der Waals surface area contributed by atoms with Crippen molar-refractivity contribution in [3.8, 4) is 5.75 Å². The number of hydrogen-bond donors (Lipinski definition) is 1. The second-order valence-corrected chi connectivity index (χ2v) is 6.79. The van der Waals surface area contributed by atoms with Gasteiger partial charge < -0.3 is 14.6 Å². The Labute approximate surface area is 164 Å². The average molecular weight is 377 g/mol. The SMILES string of the molecule is COc1cncc(CN2CCc3ncc(C(=O)Nc4ccccc4)n3CC2)c1. The number of carbonyl (C=O) groups excluding carboxylic acids is 1. The van der Waals surface area contributed by atoms with Gasteiger partial charge in [-0.25, -0.2) is 4.98 Å². The van der Waals surface area contributed by atoms with Gasteiger partial charge in [-0.15, -0.1) is 0 Å². The molecule has 7 heteroatoms. The van der Waals surface area contributed by atoms with Crippen LogP contribution in [0.2, 0.25) is 0 Å². The van der Waals surface area contributed by atoms with Crippen LogP contribution in [0, 0.1) is 0 Å². The lowest BCUT2D eigenvalue weighted by atomic mass is 10.2. The Balaban J connectivity index is 1.44. The zero-order valence-corrected chi connectivity index (χ0v) is 15.8. The summed E-state index contributed by atoms with van der Waals surface area (Å²) >= 11 is 0. The van der Waals surface area contributed by atoms with Crippen LogP contribution in [0.25, 0.3) is 0 Å². The number of rotatable bonds is 5. The summed E-state index contributed by atoms with van der Waals surface area (Å²) in [6.45, 7) is 3.24. The summed E-state index contributed by atoms with van der Waals surface area (Å²) in [5, 5.41) is 2.94. The Morgan fingerprint density at radius 2 is 2.00 bits per heavy atom. The van der Waals surface area contributed by atoms with E-state index in [1.54, 1.807) is 19.5 Å². The molecule has 7 nitrogen and oxygen atoms in total. The van der Waals surface area contributed by atoms with E-state index < -0.39 is 0 Å². The molecule has 1 N–H and O–H groups in total. The summed E-state index contributed by atoms with van der Waals surface area (Å²) in [5.74, 6) is 1.58. The molecule has 0 unspecified atom stereocenters. The molecule has 0 saturated heterocycles. The quantitative estimate of drug-likeness (QED) is 0.740. The van der Waals surface area contributed by atoms with E-state index in [1.807, 2.05) is 47.2 Å². The Kier molecular flexibility index (Phi) is 5.34. The van der Waals surface area contributed by atoms with Gasteiger partial charge in [0.1, 0.15) is 17.3 Å². The minimum atomic E-state index is -0.129. The van der Waals surface area contributed by atoms with Crippen LogP contribution < -0.4 is 10.1 Å². The lowest BCUT2D eigenvalue weighted by Gasteiger charge is -2.19. The molecular formula is C21H23N5O2. The molecule has 3 aromatic rings. The molecule has 1 amide bonds. The molecule has 1 aromatic carbocycles. The molecule has 2 aromatic heterocycles. The number of carbonyl (C=O) groups is 1. The van der Waals surface area contributed by atoms with Crippen molar-refractivity contribution >= 4 is 11.6 Å². The third-order valence-corrected chi connectivity index (χ3v) is 4.91. The highest BCUT2D eigenvalue weighted by molar-refractivity contribution is 6.03. The number of anilines is 1. The minimum absolute atomic E-state index is 0.129. The molecular weight excluding hydrogens is 354 g/mol. The number of benzene rings is 1. The van der Waals surface area contributed by atoms with Crippen molar-refractivity contribution in [2.75, 3.05) is 25.5 Å². The second kappa shape index (κ2) is 8.22. The number of nitrogens with zero attached hydrogens (tertiary/aromatic N) is 4. The largest absolute Gasteiger partial charge is 0.495 e. The number of ether oxygens (including phenoxy) is 1.